The van der Waals surface area contributed by atoms with Gasteiger partial charge in [0.25, 0.3) is 5.91 Å². The molecule has 1 aromatic heterocycles. The van der Waals surface area contributed by atoms with E-state index in [-0.39, 0.29) is 142 Å². The lowest BCUT2D eigenvalue weighted by molar-refractivity contribution is -0.145. The molecule has 1 unspecified atom stereocenters. The first-order chi connectivity index (χ1) is 39.1. The van der Waals surface area contributed by atoms with E-state index < -0.39 is 84.7 Å². The van der Waals surface area contributed by atoms with Crippen molar-refractivity contribution in [3.05, 3.63) is 77.6 Å². The maximum Gasteiger partial charge on any atom is 0.326 e. The van der Waals surface area contributed by atoms with Gasteiger partial charge < -0.3 is 61.9 Å². The summed E-state index contributed by atoms with van der Waals surface area (Å²) < 4.78 is 0. The fraction of sp³-hybridized carbons (Fsp3) is 0.519. The summed E-state index contributed by atoms with van der Waals surface area (Å²) in [7, 11) is 0. The molecule has 1 aliphatic heterocycles. The lowest BCUT2D eigenvalue weighted by Crippen LogP contribution is -2.52. The summed E-state index contributed by atoms with van der Waals surface area (Å²) in [5, 5.41) is 78.5. The Bertz CT molecular complexity index is 2640. The van der Waals surface area contributed by atoms with Crippen LogP contribution >= 0.6 is 0 Å². The Balaban J connectivity index is 1.26. The van der Waals surface area contributed by atoms with E-state index in [1.807, 2.05) is 30.3 Å². The van der Waals surface area contributed by atoms with Crippen LogP contribution in [0.2, 0.25) is 0 Å². The smallest absolute Gasteiger partial charge is 0.326 e. The van der Waals surface area contributed by atoms with Crippen molar-refractivity contribution in [2.75, 3.05) is 85.1 Å². The monoisotopic (exact) mass is 1150 g/mol. The number of urea groups is 1. The topological polar surface area (TPSA) is 407 Å². The van der Waals surface area contributed by atoms with Crippen molar-refractivity contribution in [3.8, 4) is 0 Å². The molecule has 5 amide bonds. The van der Waals surface area contributed by atoms with E-state index in [0.29, 0.717) is 36.1 Å². The fourth-order valence-corrected chi connectivity index (χ4v) is 9.14. The van der Waals surface area contributed by atoms with Gasteiger partial charge in [-0.3, -0.25) is 62.9 Å². The van der Waals surface area contributed by atoms with Gasteiger partial charge >= 0.3 is 47.8 Å². The first-order valence-corrected chi connectivity index (χ1v) is 26.9. The molecule has 0 radical (unpaired) electrons. The molecule has 1 aliphatic rings. The van der Waals surface area contributed by atoms with Crippen LogP contribution in [0.15, 0.2) is 60.8 Å². The number of carbonyl (C=O) groups excluding carboxylic acids is 4. The lowest BCUT2D eigenvalue weighted by Gasteiger charge is -2.35. The summed E-state index contributed by atoms with van der Waals surface area (Å²) in [6.45, 7) is 0.520. The Morgan fingerprint density at radius 3 is 1.66 bits per heavy atom. The molecule has 448 valence electrons. The van der Waals surface area contributed by atoms with Crippen LogP contribution in [0.4, 0.5) is 4.79 Å². The molecule has 2 aromatic carbocycles. The molecule has 0 spiro atoms. The van der Waals surface area contributed by atoms with Gasteiger partial charge in [-0.05, 0) is 74.1 Å². The highest BCUT2D eigenvalue weighted by Crippen LogP contribution is 2.20. The van der Waals surface area contributed by atoms with Crippen molar-refractivity contribution < 1.29 is 88.5 Å². The molecule has 0 saturated carbocycles. The predicted octanol–water partition coefficient (Wildman–Crippen LogP) is 0.729. The third-order valence-corrected chi connectivity index (χ3v) is 13.6. The summed E-state index contributed by atoms with van der Waals surface area (Å²) in [5.41, 5.74) is 1.62. The van der Waals surface area contributed by atoms with Crippen LogP contribution in [0, 0.1) is 0 Å². The largest absolute Gasteiger partial charge is 0.481 e. The molecule has 28 heteroatoms. The maximum absolute atomic E-state index is 13.8. The van der Waals surface area contributed by atoms with Gasteiger partial charge in [0.1, 0.15) is 18.1 Å². The summed E-state index contributed by atoms with van der Waals surface area (Å²) in [5.74, 6) is -9.76. The zero-order chi connectivity index (χ0) is 60.1. The van der Waals surface area contributed by atoms with Crippen LogP contribution in [0.3, 0.4) is 0 Å². The van der Waals surface area contributed by atoms with E-state index >= 15 is 0 Å². The van der Waals surface area contributed by atoms with E-state index in [1.165, 1.54) is 0 Å². The number of hydrogen-bond donors (Lipinski definition) is 11. The fourth-order valence-electron chi connectivity index (χ4n) is 9.14. The van der Waals surface area contributed by atoms with Crippen molar-refractivity contribution in [2.24, 2.45) is 0 Å². The van der Waals surface area contributed by atoms with Gasteiger partial charge in [0.2, 0.25) is 11.8 Å². The minimum Gasteiger partial charge on any atom is -0.481 e. The number of unbranched alkanes of at least 4 members (excludes halogenated alkanes) is 2. The number of fused-ring (bicyclic) bond motifs is 1. The molecular formula is C54H74N10O18. The Morgan fingerprint density at radius 2 is 1.11 bits per heavy atom. The van der Waals surface area contributed by atoms with Crippen LogP contribution in [-0.4, -0.2) is 234 Å². The number of carboxylic acids is 7. The van der Waals surface area contributed by atoms with Gasteiger partial charge in [-0.25, -0.2) is 14.4 Å². The third-order valence-electron chi connectivity index (χ3n) is 13.6. The summed E-state index contributed by atoms with van der Waals surface area (Å²) in [4.78, 5) is 147. The maximum atomic E-state index is 13.8. The molecule has 4 rings (SSSR count). The molecule has 28 nitrogen and oxygen atoms in total. The van der Waals surface area contributed by atoms with Crippen molar-refractivity contribution in [3.63, 3.8) is 0 Å². The molecule has 1 saturated heterocycles. The second kappa shape index (κ2) is 34.7. The molecule has 3 aromatic rings. The molecule has 0 aliphatic carbocycles. The normalized spacial score (nSPS) is 15.1. The van der Waals surface area contributed by atoms with E-state index in [9.17, 15) is 83.4 Å². The molecule has 1 fully saturated rings. The van der Waals surface area contributed by atoms with Crippen molar-refractivity contribution in [1.82, 2.24) is 50.8 Å². The zero-order valence-corrected chi connectivity index (χ0v) is 45.5. The summed E-state index contributed by atoms with van der Waals surface area (Å²) in [6.07, 6.45) is 1.83. The number of carbonyl (C=O) groups is 11. The van der Waals surface area contributed by atoms with Crippen LogP contribution in [0.25, 0.3) is 10.8 Å². The zero-order valence-electron chi connectivity index (χ0n) is 45.5. The van der Waals surface area contributed by atoms with Crippen LogP contribution in [0.1, 0.15) is 85.8 Å². The second-order valence-electron chi connectivity index (χ2n) is 19.7. The van der Waals surface area contributed by atoms with Gasteiger partial charge in [-0.1, -0.05) is 36.4 Å². The highest BCUT2D eigenvalue weighted by molar-refractivity contribution is 5.94. The average Bonchev–Trinajstić information content (AvgIpc) is 3.41. The quantitative estimate of drug-likeness (QED) is 0.0374. The first kappa shape index (κ1) is 66.2. The predicted molar refractivity (Wildman–Crippen MR) is 291 cm³/mol. The standard InChI is InChI=1S/C54H74N10O18/c65-44(17-16-43(53(80)81)63-29-27-61(34-48(71)72)25-23-60(33-47(69)70)24-26-62(28-30-63)35-49(73)74)57-31-36-11-13-38(14-12-36)50(75)56-20-5-3-10-45(66)64(32-42-39-8-2-1-7-37(39)19-21-55-42)22-6-4-9-40(51(76)77)58-54(82)59-41(52(78)79)15-18-46(67)68/h1-2,7-8,11-14,19,21,40-41,43H,3-6,9-10,15-18,20,22-35H2,(H,56,75)(H,57,65)(H,67,68)(H,69,70)(H,71,72)(H,73,74)(H,76,77)(H,78,79)(H,80,81)(H2,58,59,82)/t40-,41-,43?/m1/s1. The number of pyridine rings is 1. The third kappa shape index (κ3) is 24.6. The number of aliphatic carboxylic acids is 7. The highest BCUT2D eigenvalue weighted by atomic mass is 16.4. The number of hydrogen-bond acceptors (Lipinski definition) is 16. The lowest BCUT2D eigenvalue weighted by atomic mass is 10.1. The van der Waals surface area contributed by atoms with Gasteiger partial charge in [0.15, 0.2) is 0 Å². The van der Waals surface area contributed by atoms with Gasteiger partial charge in [-0.15, -0.1) is 0 Å². The Kier molecular flexibility index (Phi) is 28.0. The Hall–Kier alpha value is -8.34. The number of carboxylic acid groups (broad SMARTS) is 7. The van der Waals surface area contributed by atoms with Crippen LogP contribution < -0.4 is 21.3 Å². The van der Waals surface area contributed by atoms with E-state index in [2.05, 4.69) is 26.3 Å². The number of amides is 5. The number of benzene rings is 2. The van der Waals surface area contributed by atoms with Gasteiger partial charge in [0, 0.05) is 108 Å². The number of nitrogens with zero attached hydrogens (tertiary/aromatic N) is 6. The molecule has 3 atom stereocenters. The van der Waals surface area contributed by atoms with Crippen molar-refractivity contribution >= 4 is 76.3 Å². The van der Waals surface area contributed by atoms with Gasteiger partial charge in [-0.2, -0.15) is 0 Å². The van der Waals surface area contributed by atoms with E-state index in [0.717, 1.165) is 10.8 Å². The summed E-state index contributed by atoms with van der Waals surface area (Å²) in [6, 6.07) is 10.6. The average molecular weight is 1150 g/mol. The summed E-state index contributed by atoms with van der Waals surface area (Å²) >= 11 is 0. The molecular weight excluding hydrogens is 1080 g/mol. The number of aromatic nitrogens is 1. The minimum atomic E-state index is -1.56. The van der Waals surface area contributed by atoms with E-state index in [1.54, 1.807) is 55.0 Å². The second-order valence-corrected chi connectivity index (χ2v) is 19.7. The Labute approximate surface area is 472 Å². The number of rotatable bonds is 33. The van der Waals surface area contributed by atoms with Crippen LogP contribution in [-0.2, 0) is 56.2 Å². The van der Waals surface area contributed by atoms with Crippen molar-refractivity contribution in [1.29, 1.82) is 0 Å². The molecule has 11 N–H and O–H groups in total. The minimum absolute atomic E-state index is 0.0606. The van der Waals surface area contributed by atoms with Crippen LogP contribution in [0.5, 0.6) is 0 Å². The highest BCUT2D eigenvalue weighted by Gasteiger charge is 2.30. The Morgan fingerprint density at radius 1 is 0.549 bits per heavy atom. The van der Waals surface area contributed by atoms with E-state index in [4.69, 9.17) is 5.11 Å². The molecule has 2 heterocycles. The number of nitrogens with one attached hydrogen (secondary N) is 4. The molecule has 0 bridgehead atoms. The van der Waals surface area contributed by atoms with Crippen molar-refractivity contribution in [2.45, 2.75) is 95.4 Å². The van der Waals surface area contributed by atoms with Gasteiger partial charge in [0.05, 0.1) is 31.9 Å². The molecule has 82 heavy (non-hydrogen) atoms. The first-order valence-electron chi connectivity index (χ1n) is 26.9. The SMILES string of the molecule is O=C(O)CC[C@@H](NC(=O)N[C@H](CCCCN(Cc1nccc2ccccc12)C(=O)CCCCNC(=O)c1ccc(CNC(=O)CCC(C(=O)O)N2CCN(CC(=O)O)CCN(CC(=O)O)CCN(CC(=O)O)CC2)cc1)C(=O)O)C(=O)O.